The van der Waals surface area contributed by atoms with Gasteiger partial charge in [-0.1, -0.05) is 122 Å². The zero-order valence-corrected chi connectivity index (χ0v) is 30.9. The normalized spacial score (nSPS) is 13.9. The molecule has 0 saturated carbocycles. The van der Waals surface area contributed by atoms with E-state index in [4.69, 9.17) is 16.0 Å². The average molecular weight is 762 g/mol. The second kappa shape index (κ2) is 14.0. The third kappa shape index (κ3) is 6.37. The van der Waals surface area contributed by atoms with Crippen molar-refractivity contribution in [3.8, 4) is 16.9 Å². The number of anilines is 1. The highest BCUT2D eigenvalue weighted by Gasteiger charge is 2.52. The van der Waals surface area contributed by atoms with Gasteiger partial charge in [0.2, 0.25) is 5.91 Å². The standard InChI is InChI=1S/C38H36BrClF2N4O2Si/c1-25(23-39)37(47)46-20-18-45(19-21-46)36-28-22-29(40)32(34(42)35(28)43-24-44-36)33-30(41)16-11-17-31(33)48-49(38(2,3)4,26-12-7-5-8-13-26)27-14-9-6-10-15-27/h5-17,22,24H,1,18-21,23H2,2-4H3. The highest BCUT2D eigenvalue weighted by molar-refractivity contribution is 9.09. The molecule has 1 aromatic heterocycles. The highest BCUT2D eigenvalue weighted by atomic mass is 79.9. The number of carbonyl (C=O) groups excluding carboxylic acids is 1. The van der Waals surface area contributed by atoms with Crippen molar-refractivity contribution in [1.82, 2.24) is 14.9 Å². The van der Waals surface area contributed by atoms with Crippen LogP contribution in [0, 0.1) is 11.6 Å². The molecule has 0 bridgehead atoms. The molecule has 252 valence electrons. The summed E-state index contributed by atoms with van der Waals surface area (Å²) in [5.41, 5.74) is 0.289. The molecule has 6 rings (SSSR count). The van der Waals surface area contributed by atoms with Gasteiger partial charge in [0.1, 0.15) is 29.2 Å². The molecule has 49 heavy (non-hydrogen) atoms. The van der Waals surface area contributed by atoms with Gasteiger partial charge in [-0.25, -0.2) is 18.7 Å². The third-order valence-corrected chi connectivity index (χ3v) is 14.9. The largest absolute Gasteiger partial charge is 0.533 e. The smallest absolute Gasteiger partial charge is 0.319 e. The van der Waals surface area contributed by atoms with Gasteiger partial charge in [0, 0.05) is 48.0 Å². The van der Waals surface area contributed by atoms with Crippen LogP contribution in [0.1, 0.15) is 20.8 Å². The summed E-state index contributed by atoms with van der Waals surface area (Å²) in [4.78, 5) is 25.1. The topological polar surface area (TPSA) is 58.6 Å². The Kier molecular flexibility index (Phi) is 9.93. The quantitative estimate of drug-likeness (QED) is 0.0920. The monoisotopic (exact) mass is 760 g/mol. The Balaban J connectivity index is 1.46. The number of amides is 1. The summed E-state index contributed by atoms with van der Waals surface area (Å²) in [6.45, 7) is 12.0. The molecular formula is C38H36BrClF2N4O2Si. The van der Waals surface area contributed by atoms with Crippen LogP contribution in [0.25, 0.3) is 22.0 Å². The molecule has 0 aliphatic carbocycles. The number of alkyl halides is 1. The number of halogens is 4. The molecule has 1 amide bonds. The molecule has 1 aliphatic rings. The Hall–Kier alpha value is -4.12. The summed E-state index contributed by atoms with van der Waals surface area (Å²) in [5, 5.41) is 2.35. The number of carbonyl (C=O) groups is 1. The predicted octanol–water partition coefficient (Wildman–Crippen LogP) is 7.77. The predicted molar refractivity (Wildman–Crippen MR) is 200 cm³/mol. The van der Waals surface area contributed by atoms with Crippen LogP contribution in [0.5, 0.6) is 5.75 Å². The molecule has 2 heterocycles. The van der Waals surface area contributed by atoms with Gasteiger partial charge in [-0.2, -0.15) is 0 Å². The van der Waals surface area contributed by atoms with E-state index in [1.807, 2.05) is 65.6 Å². The zero-order valence-electron chi connectivity index (χ0n) is 27.5. The van der Waals surface area contributed by atoms with E-state index < -0.39 is 25.0 Å². The molecule has 0 atom stereocenters. The minimum atomic E-state index is -3.22. The van der Waals surface area contributed by atoms with Crippen molar-refractivity contribution in [3.05, 3.63) is 120 Å². The molecule has 0 N–H and O–H groups in total. The maximum absolute atomic E-state index is 16.9. The minimum Gasteiger partial charge on any atom is -0.533 e. The maximum Gasteiger partial charge on any atom is 0.319 e. The van der Waals surface area contributed by atoms with Crippen LogP contribution in [-0.2, 0) is 4.79 Å². The zero-order chi connectivity index (χ0) is 34.9. The third-order valence-electron chi connectivity index (χ3n) is 9.04. The van der Waals surface area contributed by atoms with E-state index in [2.05, 4.69) is 53.2 Å². The fourth-order valence-corrected chi connectivity index (χ4v) is 11.6. The van der Waals surface area contributed by atoms with Crippen LogP contribution < -0.4 is 19.7 Å². The van der Waals surface area contributed by atoms with Crippen LogP contribution in [0.2, 0.25) is 10.1 Å². The SMILES string of the molecule is C=C(CBr)C(=O)N1CCN(c2ncnc3c(F)c(-c4c(F)cccc4O[Si](c4ccccc4)(c4ccccc4)C(C)(C)C)c(Cl)cc23)CC1. The van der Waals surface area contributed by atoms with Gasteiger partial charge in [-0.3, -0.25) is 4.79 Å². The van der Waals surface area contributed by atoms with E-state index in [9.17, 15) is 4.79 Å². The lowest BCUT2D eigenvalue weighted by molar-refractivity contribution is -0.127. The first-order valence-corrected chi connectivity index (χ1v) is 19.4. The number of fused-ring (bicyclic) bond motifs is 1. The number of piperazine rings is 1. The van der Waals surface area contributed by atoms with Crippen LogP contribution in [0.3, 0.4) is 0 Å². The minimum absolute atomic E-state index is 0.000816. The van der Waals surface area contributed by atoms with E-state index in [-0.39, 0.29) is 33.3 Å². The Morgan fingerprint density at radius 2 is 1.53 bits per heavy atom. The van der Waals surface area contributed by atoms with Crippen LogP contribution in [0.4, 0.5) is 14.6 Å². The number of benzene rings is 4. The van der Waals surface area contributed by atoms with Crippen LogP contribution in [0.15, 0.2) is 103 Å². The number of rotatable bonds is 8. The summed E-state index contributed by atoms with van der Waals surface area (Å²) in [6.07, 6.45) is 1.30. The lowest BCUT2D eigenvalue weighted by Crippen LogP contribution is -2.68. The lowest BCUT2D eigenvalue weighted by atomic mass is 10.0. The first kappa shape index (κ1) is 34.7. The first-order chi connectivity index (χ1) is 23.5. The second-order valence-electron chi connectivity index (χ2n) is 13.0. The lowest BCUT2D eigenvalue weighted by Gasteiger charge is -2.43. The van der Waals surface area contributed by atoms with E-state index in [1.54, 1.807) is 23.1 Å². The molecular weight excluding hydrogens is 726 g/mol. The van der Waals surface area contributed by atoms with Crippen molar-refractivity contribution < 1.29 is 18.0 Å². The summed E-state index contributed by atoms with van der Waals surface area (Å²) >= 11 is 10.2. The number of hydrogen-bond donors (Lipinski definition) is 0. The Labute approximate surface area is 299 Å². The van der Waals surface area contributed by atoms with Crippen LogP contribution in [-0.4, -0.2) is 60.6 Å². The summed E-state index contributed by atoms with van der Waals surface area (Å²) in [5.74, 6) is -0.874. The number of hydrogen-bond acceptors (Lipinski definition) is 5. The average Bonchev–Trinajstić information content (AvgIpc) is 3.11. The summed E-state index contributed by atoms with van der Waals surface area (Å²) in [7, 11) is -3.22. The molecule has 11 heteroatoms. The Bertz CT molecular complexity index is 1980. The number of aromatic nitrogens is 2. The van der Waals surface area contributed by atoms with E-state index >= 15 is 8.78 Å². The molecule has 5 aromatic rings. The highest BCUT2D eigenvalue weighted by Crippen LogP contribution is 2.45. The van der Waals surface area contributed by atoms with Crippen molar-refractivity contribution in [2.75, 3.05) is 36.4 Å². The van der Waals surface area contributed by atoms with Crippen molar-refractivity contribution in [3.63, 3.8) is 0 Å². The van der Waals surface area contributed by atoms with Gasteiger partial charge in [-0.05, 0) is 33.6 Å². The molecule has 1 saturated heterocycles. The fourth-order valence-electron chi connectivity index (χ4n) is 6.65. The fraction of sp³-hybridized carbons (Fsp3) is 0.237. The van der Waals surface area contributed by atoms with E-state index in [0.717, 1.165) is 10.4 Å². The van der Waals surface area contributed by atoms with E-state index in [0.29, 0.717) is 48.3 Å². The summed E-state index contributed by atoms with van der Waals surface area (Å²) in [6, 6.07) is 26.1. The van der Waals surface area contributed by atoms with Gasteiger partial charge < -0.3 is 14.2 Å². The molecule has 6 nitrogen and oxygen atoms in total. The van der Waals surface area contributed by atoms with Gasteiger partial charge in [-0.15, -0.1) is 0 Å². The maximum atomic E-state index is 16.9. The Morgan fingerprint density at radius 3 is 2.10 bits per heavy atom. The summed E-state index contributed by atoms with van der Waals surface area (Å²) < 4.78 is 40.2. The van der Waals surface area contributed by atoms with Crippen molar-refractivity contribution in [2.24, 2.45) is 0 Å². The van der Waals surface area contributed by atoms with Crippen molar-refractivity contribution in [2.45, 2.75) is 25.8 Å². The molecule has 1 aliphatic heterocycles. The van der Waals surface area contributed by atoms with E-state index in [1.165, 1.54) is 12.4 Å². The molecule has 0 radical (unpaired) electrons. The van der Waals surface area contributed by atoms with Crippen molar-refractivity contribution in [1.29, 1.82) is 0 Å². The van der Waals surface area contributed by atoms with Crippen LogP contribution >= 0.6 is 27.5 Å². The molecule has 0 spiro atoms. The van der Waals surface area contributed by atoms with Crippen molar-refractivity contribution >= 4 is 68.8 Å². The second-order valence-corrected chi connectivity index (χ2v) is 18.2. The molecule has 0 unspecified atom stereocenters. The number of nitrogens with zero attached hydrogens (tertiary/aromatic N) is 4. The first-order valence-electron chi connectivity index (χ1n) is 16.0. The van der Waals surface area contributed by atoms with Gasteiger partial charge in [0.05, 0.1) is 10.6 Å². The van der Waals surface area contributed by atoms with Gasteiger partial charge in [0.25, 0.3) is 0 Å². The Morgan fingerprint density at radius 1 is 0.918 bits per heavy atom. The van der Waals surface area contributed by atoms with Gasteiger partial charge >= 0.3 is 8.32 Å². The molecule has 1 fully saturated rings. The molecule has 4 aromatic carbocycles. The van der Waals surface area contributed by atoms with Gasteiger partial charge in [0.15, 0.2) is 5.82 Å².